The van der Waals surface area contributed by atoms with Gasteiger partial charge in [-0.2, -0.15) is 5.26 Å². The minimum absolute atomic E-state index is 0.0843. The highest BCUT2D eigenvalue weighted by molar-refractivity contribution is 5.97. The van der Waals surface area contributed by atoms with Crippen molar-refractivity contribution in [1.82, 2.24) is 9.55 Å². The number of carbonyl (C=O) groups excluding carboxylic acids is 1. The maximum Gasteiger partial charge on any atom is 0.357 e. The molecule has 0 aliphatic rings. The number of oxazole rings is 1. The highest BCUT2D eigenvalue weighted by atomic mass is 16.5. The van der Waals surface area contributed by atoms with E-state index in [0.29, 0.717) is 22.7 Å². The van der Waals surface area contributed by atoms with E-state index in [0.717, 1.165) is 19.3 Å². The molecule has 0 atom stereocenters. The Morgan fingerprint density at radius 2 is 2.28 bits per heavy atom. The average Bonchev–Trinajstić information content (AvgIpc) is 3.19. The van der Waals surface area contributed by atoms with Gasteiger partial charge in [-0.1, -0.05) is 19.4 Å². The molecule has 0 spiro atoms. The second-order valence-electron chi connectivity index (χ2n) is 5.61. The number of nitrogens with zero attached hydrogens (tertiary/aromatic N) is 3. The van der Waals surface area contributed by atoms with Crippen molar-refractivity contribution >= 4 is 22.8 Å². The fraction of sp³-hybridized carbons (Fsp3) is 0.278. The number of aryl methyl sites for hydroxylation is 1. The molecule has 1 aromatic carbocycles. The van der Waals surface area contributed by atoms with E-state index in [1.54, 1.807) is 12.1 Å². The molecule has 0 bridgehead atoms. The van der Waals surface area contributed by atoms with Crippen LogP contribution in [0.25, 0.3) is 16.8 Å². The lowest BCUT2D eigenvalue weighted by Gasteiger charge is -2.08. The third kappa shape index (κ3) is 2.83. The molecule has 3 aromatic rings. The molecular weight excluding hydrogens is 320 g/mol. The molecule has 3 rings (SSSR count). The first-order valence-electron chi connectivity index (χ1n) is 7.98. The number of rotatable bonds is 5. The van der Waals surface area contributed by atoms with Crippen LogP contribution < -0.4 is 5.73 Å². The normalized spacial score (nSPS) is 10.8. The van der Waals surface area contributed by atoms with Crippen LogP contribution in [0.5, 0.6) is 0 Å². The lowest BCUT2D eigenvalue weighted by molar-refractivity contribution is 0.0593. The van der Waals surface area contributed by atoms with E-state index in [1.807, 2.05) is 12.1 Å². The molecule has 0 fully saturated rings. The van der Waals surface area contributed by atoms with Gasteiger partial charge >= 0.3 is 5.97 Å². The number of para-hydroxylation sites is 1. The standard InChI is InChI=1S/C18H18N4O3/c1-3-4-8-14-21-16-12(6-5-7-13(16)25-14)22-10-11(9-19)15(20)17(22)18(23)24-2/h5-7,10H,3-4,8,20H2,1-2H3. The zero-order chi connectivity index (χ0) is 18.0. The first kappa shape index (κ1) is 16.6. The number of esters is 1. The van der Waals surface area contributed by atoms with Crippen LogP contribution in [-0.2, 0) is 11.2 Å². The fourth-order valence-electron chi connectivity index (χ4n) is 2.71. The Morgan fingerprint density at radius 1 is 1.48 bits per heavy atom. The molecule has 2 aromatic heterocycles. The minimum Gasteiger partial charge on any atom is -0.464 e. The van der Waals surface area contributed by atoms with E-state index < -0.39 is 5.97 Å². The Morgan fingerprint density at radius 3 is 2.96 bits per heavy atom. The molecule has 2 heterocycles. The van der Waals surface area contributed by atoms with Crippen LogP contribution in [-0.4, -0.2) is 22.6 Å². The SMILES string of the molecule is CCCCc1nc2c(-n3cc(C#N)c(N)c3C(=O)OC)cccc2o1. The lowest BCUT2D eigenvalue weighted by Crippen LogP contribution is -2.11. The molecule has 25 heavy (non-hydrogen) atoms. The van der Waals surface area contributed by atoms with Gasteiger partial charge in [0.1, 0.15) is 11.6 Å². The zero-order valence-corrected chi connectivity index (χ0v) is 14.1. The molecule has 0 aliphatic carbocycles. The maximum absolute atomic E-state index is 12.2. The van der Waals surface area contributed by atoms with Gasteiger partial charge in [-0.15, -0.1) is 0 Å². The van der Waals surface area contributed by atoms with Crippen LogP contribution in [0.4, 0.5) is 5.69 Å². The summed E-state index contributed by atoms with van der Waals surface area (Å²) in [6.45, 7) is 2.10. The summed E-state index contributed by atoms with van der Waals surface area (Å²) < 4.78 is 12.1. The number of carbonyl (C=O) groups is 1. The van der Waals surface area contributed by atoms with Gasteiger partial charge in [0, 0.05) is 12.6 Å². The van der Waals surface area contributed by atoms with Crippen molar-refractivity contribution in [3.05, 3.63) is 41.5 Å². The summed E-state index contributed by atoms with van der Waals surface area (Å²) in [6, 6.07) is 7.40. The molecule has 0 saturated heterocycles. The number of anilines is 1. The van der Waals surface area contributed by atoms with E-state index in [1.165, 1.54) is 17.9 Å². The first-order valence-corrected chi connectivity index (χ1v) is 7.98. The van der Waals surface area contributed by atoms with Crippen LogP contribution in [0.2, 0.25) is 0 Å². The largest absolute Gasteiger partial charge is 0.464 e. The maximum atomic E-state index is 12.2. The molecule has 7 heteroatoms. The number of aromatic nitrogens is 2. The van der Waals surface area contributed by atoms with Gasteiger partial charge in [0.15, 0.2) is 17.2 Å². The van der Waals surface area contributed by atoms with Crippen molar-refractivity contribution in [2.45, 2.75) is 26.2 Å². The number of nitriles is 1. The van der Waals surface area contributed by atoms with Gasteiger partial charge in [0.25, 0.3) is 0 Å². The summed E-state index contributed by atoms with van der Waals surface area (Å²) in [5.41, 5.74) is 8.18. The number of nitrogen functional groups attached to an aromatic ring is 1. The van der Waals surface area contributed by atoms with Gasteiger partial charge in [-0.05, 0) is 18.6 Å². The zero-order valence-electron chi connectivity index (χ0n) is 14.1. The van der Waals surface area contributed by atoms with E-state index in [9.17, 15) is 10.1 Å². The second kappa shape index (κ2) is 6.69. The van der Waals surface area contributed by atoms with Crippen LogP contribution in [0.1, 0.15) is 41.7 Å². The predicted octanol–water partition coefficient (Wildman–Crippen LogP) is 3.20. The number of hydrogen-bond donors (Lipinski definition) is 1. The van der Waals surface area contributed by atoms with Crippen molar-refractivity contribution < 1.29 is 13.9 Å². The Hall–Kier alpha value is -3.27. The number of unbranched alkanes of at least 4 members (excludes halogenated alkanes) is 1. The monoisotopic (exact) mass is 338 g/mol. The second-order valence-corrected chi connectivity index (χ2v) is 5.61. The number of ether oxygens (including phenoxy) is 1. The lowest BCUT2D eigenvalue weighted by atomic mass is 10.2. The van der Waals surface area contributed by atoms with Crippen LogP contribution in [0.3, 0.4) is 0 Å². The Labute approximate surface area is 144 Å². The highest BCUT2D eigenvalue weighted by Gasteiger charge is 2.23. The van der Waals surface area contributed by atoms with Gasteiger partial charge in [-0.25, -0.2) is 9.78 Å². The Bertz CT molecular complexity index is 978. The topological polar surface area (TPSA) is 107 Å². The third-order valence-electron chi connectivity index (χ3n) is 3.99. The fourth-order valence-corrected chi connectivity index (χ4v) is 2.71. The quantitative estimate of drug-likeness (QED) is 0.716. The Balaban J connectivity index is 2.21. The number of hydrogen-bond acceptors (Lipinski definition) is 6. The minimum atomic E-state index is -0.620. The van der Waals surface area contributed by atoms with Gasteiger partial charge in [0.05, 0.1) is 24.0 Å². The van der Waals surface area contributed by atoms with Crippen molar-refractivity contribution in [3.63, 3.8) is 0 Å². The molecule has 0 unspecified atom stereocenters. The average molecular weight is 338 g/mol. The van der Waals surface area contributed by atoms with E-state index in [2.05, 4.69) is 11.9 Å². The number of benzene rings is 1. The van der Waals surface area contributed by atoms with E-state index in [-0.39, 0.29) is 16.9 Å². The molecule has 7 nitrogen and oxygen atoms in total. The van der Waals surface area contributed by atoms with Gasteiger partial charge in [-0.3, -0.25) is 0 Å². The summed E-state index contributed by atoms with van der Waals surface area (Å²) in [4.78, 5) is 16.7. The molecule has 128 valence electrons. The molecule has 0 amide bonds. The van der Waals surface area contributed by atoms with Crippen molar-refractivity contribution in [2.24, 2.45) is 0 Å². The summed E-state index contributed by atoms with van der Waals surface area (Å²) in [5, 5.41) is 9.24. The third-order valence-corrected chi connectivity index (χ3v) is 3.99. The number of nitrogens with two attached hydrogens (primary N) is 1. The van der Waals surface area contributed by atoms with Gasteiger partial charge in [0.2, 0.25) is 0 Å². The molecule has 2 N–H and O–H groups in total. The number of fused-ring (bicyclic) bond motifs is 1. The first-order chi connectivity index (χ1) is 12.1. The van der Waals surface area contributed by atoms with E-state index in [4.69, 9.17) is 14.9 Å². The summed E-state index contributed by atoms with van der Waals surface area (Å²) in [5.74, 6) is 0.0234. The molecule has 0 radical (unpaired) electrons. The van der Waals surface area contributed by atoms with Crippen LogP contribution >= 0.6 is 0 Å². The molecule has 0 aliphatic heterocycles. The summed E-state index contributed by atoms with van der Waals surface area (Å²) in [7, 11) is 1.27. The smallest absolute Gasteiger partial charge is 0.357 e. The van der Waals surface area contributed by atoms with Crippen LogP contribution in [0, 0.1) is 11.3 Å². The predicted molar refractivity (Wildman–Crippen MR) is 92.4 cm³/mol. The van der Waals surface area contributed by atoms with E-state index >= 15 is 0 Å². The van der Waals surface area contributed by atoms with Crippen molar-refractivity contribution in [2.75, 3.05) is 12.8 Å². The van der Waals surface area contributed by atoms with Crippen LogP contribution in [0.15, 0.2) is 28.8 Å². The number of methoxy groups -OCH3 is 1. The Kier molecular flexibility index (Phi) is 4.44. The molecular formula is C18H18N4O3. The summed E-state index contributed by atoms with van der Waals surface area (Å²) >= 11 is 0. The highest BCUT2D eigenvalue weighted by Crippen LogP contribution is 2.29. The van der Waals surface area contributed by atoms with Crippen molar-refractivity contribution in [3.8, 4) is 11.8 Å². The summed E-state index contributed by atoms with van der Waals surface area (Å²) in [6.07, 6.45) is 4.27. The van der Waals surface area contributed by atoms with Gasteiger partial charge < -0.3 is 19.5 Å². The van der Waals surface area contributed by atoms with Crippen molar-refractivity contribution in [1.29, 1.82) is 5.26 Å². The molecule has 0 saturated carbocycles.